The third-order valence-corrected chi connectivity index (χ3v) is 3.10. The Hall–Kier alpha value is -2.50. The van der Waals surface area contributed by atoms with Crippen molar-refractivity contribution in [2.45, 2.75) is 25.3 Å². The first-order valence-corrected chi connectivity index (χ1v) is 6.35. The summed E-state index contributed by atoms with van der Waals surface area (Å²) in [5, 5.41) is 23.8. The predicted octanol–water partition coefficient (Wildman–Crippen LogP) is 2.32. The minimum atomic E-state index is -1.13. The van der Waals surface area contributed by atoms with E-state index >= 15 is 0 Å². The number of hydrogen-bond donors (Lipinski definition) is 4. The van der Waals surface area contributed by atoms with Crippen LogP contribution in [0, 0.1) is 0 Å². The van der Waals surface area contributed by atoms with E-state index < -0.39 is 12.0 Å². The quantitative estimate of drug-likeness (QED) is 0.503. The smallest absolute Gasteiger partial charge is 0.335 e. The maximum Gasteiger partial charge on any atom is 0.335 e. The Bertz CT molecular complexity index is 554. The Morgan fingerprint density at radius 1 is 1.25 bits per heavy atom. The van der Waals surface area contributed by atoms with Crippen molar-refractivity contribution in [3.63, 3.8) is 0 Å². The van der Waals surface area contributed by atoms with Gasteiger partial charge in [0, 0.05) is 6.04 Å². The Labute approximate surface area is 116 Å². The molecule has 0 aromatic heterocycles. The summed E-state index contributed by atoms with van der Waals surface area (Å²) in [6.07, 6.45) is 6.70. The van der Waals surface area contributed by atoms with Crippen LogP contribution in [0.25, 0.3) is 0 Å². The summed E-state index contributed by atoms with van der Waals surface area (Å²) in [6, 6.07) is 3.45. The number of benzene rings is 1. The fourth-order valence-electron chi connectivity index (χ4n) is 2.04. The van der Waals surface area contributed by atoms with Gasteiger partial charge in [0.15, 0.2) is 0 Å². The number of aromatic hydroxyl groups is 1. The molecule has 1 unspecified atom stereocenters. The molecule has 1 aromatic carbocycles. The minimum absolute atomic E-state index is 0.0362. The molecular weight excluding hydrogens is 260 g/mol. The Morgan fingerprint density at radius 2 is 2.05 bits per heavy atom. The predicted molar refractivity (Wildman–Crippen MR) is 74.0 cm³/mol. The third-order valence-electron chi connectivity index (χ3n) is 3.10. The SMILES string of the molecule is O=C(Nc1ccc(C(=O)O)cc1O)NC1CC=CCC1. The Morgan fingerprint density at radius 3 is 2.65 bits per heavy atom. The van der Waals surface area contributed by atoms with Gasteiger partial charge in [-0.1, -0.05) is 12.2 Å². The van der Waals surface area contributed by atoms with E-state index in [0.29, 0.717) is 0 Å². The maximum atomic E-state index is 11.8. The lowest BCUT2D eigenvalue weighted by Gasteiger charge is -2.19. The van der Waals surface area contributed by atoms with E-state index in [1.54, 1.807) is 0 Å². The van der Waals surface area contributed by atoms with Crippen LogP contribution in [0.15, 0.2) is 30.4 Å². The number of nitrogens with one attached hydrogen (secondary N) is 2. The molecule has 6 heteroatoms. The molecule has 1 aromatic rings. The second kappa shape index (κ2) is 6.10. The number of carboxylic acid groups (broad SMARTS) is 1. The van der Waals surface area contributed by atoms with Crippen LogP contribution in [0.1, 0.15) is 29.6 Å². The second-order valence-corrected chi connectivity index (χ2v) is 4.62. The first kappa shape index (κ1) is 13.9. The number of phenols is 1. The van der Waals surface area contributed by atoms with Gasteiger partial charge in [0.2, 0.25) is 0 Å². The van der Waals surface area contributed by atoms with E-state index in [9.17, 15) is 14.7 Å². The number of anilines is 1. The normalized spacial score (nSPS) is 17.5. The van der Waals surface area contributed by atoms with Gasteiger partial charge in [-0.3, -0.25) is 0 Å². The van der Waals surface area contributed by atoms with Crippen molar-refractivity contribution in [3.8, 4) is 5.75 Å². The van der Waals surface area contributed by atoms with Crippen LogP contribution in [0.4, 0.5) is 10.5 Å². The number of urea groups is 1. The highest BCUT2D eigenvalue weighted by Gasteiger charge is 2.14. The number of carbonyl (C=O) groups is 2. The number of rotatable bonds is 3. The van der Waals surface area contributed by atoms with Gasteiger partial charge in [-0.05, 0) is 37.5 Å². The number of phenolic OH excluding ortho intramolecular Hbond substituents is 1. The van der Waals surface area contributed by atoms with E-state index in [1.807, 2.05) is 6.08 Å². The van der Waals surface area contributed by atoms with Crippen molar-refractivity contribution in [1.82, 2.24) is 5.32 Å². The molecule has 6 nitrogen and oxygen atoms in total. The van der Waals surface area contributed by atoms with Crippen molar-refractivity contribution in [3.05, 3.63) is 35.9 Å². The van der Waals surface area contributed by atoms with Crippen molar-refractivity contribution in [2.75, 3.05) is 5.32 Å². The van der Waals surface area contributed by atoms with E-state index in [2.05, 4.69) is 16.7 Å². The number of carbonyl (C=O) groups excluding carboxylic acids is 1. The lowest BCUT2D eigenvalue weighted by molar-refractivity contribution is 0.0696. The number of aromatic carboxylic acids is 1. The lowest BCUT2D eigenvalue weighted by atomic mass is 10.0. The molecule has 4 N–H and O–H groups in total. The molecule has 0 bridgehead atoms. The second-order valence-electron chi connectivity index (χ2n) is 4.62. The van der Waals surface area contributed by atoms with Gasteiger partial charge in [0.05, 0.1) is 11.3 Å². The molecule has 106 valence electrons. The molecule has 0 heterocycles. The number of allylic oxidation sites excluding steroid dienone is 1. The summed E-state index contributed by atoms with van der Waals surface area (Å²) < 4.78 is 0. The van der Waals surface area contributed by atoms with E-state index in [-0.39, 0.29) is 23.0 Å². The number of carboxylic acids is 1. The van der Waals surface area contributed by atoms with Crippen LogP contribution in [-0.2, 0) is 0 Å². The molecule has 0 saturated heterocycles. The van der Waals surface area contributed by atoms with Crippen molar-refractivity contribution < 1.29 is 19.8 Å². The highest BCUT2D eigenvalue weighted by atomic mass is 16.4. The summed E-state index contributed by atoms with van der Waals surface area (Å²) in [5.74, 6) is -1.41. The van der Waals surface area contributed by atoms with Gasteiger partial charge >= 0.3 is 12.0 Å². The van der Waals surface area contributed by atoms with Crippen LogP contribution in [-0.4, -0.2) is 28.3 Å². The molecule has 0 fully saturated rings. The van der Waals surface area contributed by atoms with Crippen LogP contribution in [0.5, 0.6) is 5.75 Å². The molecule has 0 radical (unpaired) electrons. The summed E-state index contributed by atoms with van der Waals surface area (Å²) in [4.78, 5) is 22.5. The zero-order chi connectivity index (χ0) is 14.5. The topological polar surface area (TPSA) is 98.7 Å². The highest BCUT2D eigenvalue weighted by molar-refractivity contribution is 5.93. The van der Waals surface area contributed by atoms with E-state index in [4.69, 9.17) is 5.11 Å². The fourth-order valence-corrected chi connectivity index (χ4v) is 2.04. The molecule has 0 aliphatic heterocycles. The van der Waals surface area contributed by atoms with Gasteiger partial charge in [-0.15, -0.1) is 0 Å². The number of amides is 2. The molecule has 1 aliphatic rings. The number of hydrogen-bond acceptors (Lipinski definition) is 3. The summed E-state index contributed by atoms with van der Waals surface area (Å²) in [5.41, 5.74) is 0.143. The molecular formula is C14H16N2O4. The van der Waals surface area contributed by atoms with Crippen LogP contribution >= 0.6 is 0 Å². The van der Waals surface area contributed by atoms with E-state index in [1.165, 1.54) is 12.1 Å². The largest absolute Gasteiger partial charge is 0.506 e. The zero-order valence-corrected chi connectivity index (χ0v) is 10.8. The first-order valence-electron chi connectivity index (χ1n) is 6.35. The summed E-state index contributed by atoms with van der Waals surface area (Å²) in [6.45, 7) is 0. The van der Waals surface area contributed by atoms with Gasteiger partial charge in [0.1, 0.15) is 5.75 Å². The third kappa shape index (κ3) is 3.50. The first-order chi connectivity index (χ1) is 9.56. The average Bonchev–Trinajstić information content (AvgIpc) is 2.42. The molecule has 2 rings (SSSR count). The molecule has 1 aliphatic carbocycles. The molecule has 20 heavy (non-hydrogen) atoms. The lowest BCUT2D eigenvalue weighted by Crippen LogP contribution is -2.38. The summed E-state index contributed by atoms with van der Waals surface area (Å²) >= 11 is 0. The van der Waals surface area contributed by atoms with Crippen molar-refractivity contribution in [1.29, 1.82) is 0 Å². The van der Waals surface area contributed by atoms with Crippen LogP contribution in [0.3, 0.4) is 0 Å². The van der Waals surface area contributed by atoms with Crippen molar-refractivity contribution in [2.24, 2.45) is 0 Å². The molecule has 0 saturated carbocycles. The van der Waals surface area contributed by atoms with Gasteiger partial charge in [-0.25, -0.2) is 9.59 Å². The van der Waals surface area contributed by atoms with Gasteiger partial charge in [0.25, 0.3) is 0 Å². The van der Waals surface area contributed by atoms with Crippen LogP contribution < -0.4 is 10.6 Å². The van der Waals surface area contributed by atoms with Crippen LogP contribution in [0.2, 0.25) is 0 Å². The fraction of sp³-hybridized carbons (Fsp3) is 0.286. The van der Waals surface area contributed by atoms with Gasteiger partial charge < -0.3 is 20.8 Å². The standard InChI is InChI=1S/C14H16N2O4/c17-12-8-9(13(18)19)6-7-11(12)16-14(20)15-10-4-2-1-3-5-10/h1-2,6-8,10,17H,3-5H2,(H,18,19)(H2,15,16,20). The monoisotopic (exact) mass is 276 g/mol. The maximum absolute atomic E-state index is 11.8. The zero-order valence-electron chi connectivity index (χ0n) is 10.8. The Kier molecular flexibility index (Phi) is 4.24. The summed E-state index contributed by atoms with van der Waals surface area (Å²) in [7, 11) is 0. The van der Waals surface area contributed by atoms with Crippen molar-refractivity contribution >= 4 is 17.7 Å². The minimum Gasteiger partial charge on any atom is -0.506 e. The Balaban J connectivity index is 1.97. The molecule has 1 atom stereocenters. The highest BCUT2D eigenvalue weighted by Crippen LogP contribution is 2.24. The molecule has 2 amide bonds. The van der Waals surface area contributed by atoms with Gasteiger partial charge in [-0.2, -0.15) is 0 Å². The molecule has 0 spiro atoms. The van der Waals surface area contributed by atoms with E-state index in [0.717, 1.165) is 25.3 Å². The average molecular weight is 276 g/mol.